The molecule has 0 aliphatic carbocycles. The summed E-state index contributed by atoms with van der Waals surface area (Å²) in [5.41, 5.74) is 10.3. The lowest BCUT2D eigenvalue weighted by molar-refractivity contribution is -0.136. The number of nitrogens with zero attached hydrogens (tertiary/aromatic N) is 1. The summed E-state index contributed by atoms with van der Waals surface area (Å²) in [5, 5.41) is 7.91. The molecule has 5 amide bonds. The van der Waals surface area contributed by atoms with Crippen molar-refractivity contribution in [3.05, 3.63) is 88.5 Å². The minimum atomic E-state index is -0.664. The lowest BCUT2D eigenvalue weighted by Crippen LogP contribution is -2.52. The number of hydrogen-bond donors (Lipinski definition) is 4. The molecule has 2 heterocycles. The molecule has 0 bridgehead atoms. The number of benzene rings is 3. The number of urea groups is 1. The van der Waals surface area contributed by atoms with Gasteiger partial charge in [0.2, 0.25) is 11.8 Å². The quantitative estimate of drug-likeness (QED) is 0.295. The topological polar surface area (TPSA) is 152 Å². The minimum absolute atomic E-state index is 0.204. The third kappa shape index (κ3) is 6.30. The van der Waals surface area contributed by atoms with Crippen LogP contribution in [0, 0.1) is 0 Å². The summed E-state index contributed by atoms with van der Waals surface area (Å²) in [7, 11) is 1.60. The molecule has 0 spiro atoms. The molecule has 0 aromatic heterocycles. The summed E-state index contributed by atoms with van der Waals surface area (Å²) in [6.45, 7) is 1.27. The zero-order chi connectivity index (χ0) is 28.9. The number of fused-ring (bicyclic) bond motifs is 1. The van der Waals surface area contributed by atoms with Crippen LogP contribution in [-0.4, -0.2) is 41.8 Å². The summed E-state index contributed by atoms with van der Waals surface area (Å²) < 4.78 is 11.3. The minimum Gasteiger partial charge on any atom is -0.496 e. The first kappa shape index (κ1) is 27.7. The summed E-state index contributed by atoms with van der Waals surface area (Å²) in [4.78, 5) is 50.6. The van der Waals surface area contributed by atoms with Gasteiger partial charge in [0.1, 0.15) is 24.1 Å². The van der Waals surface area contributed by atoms with Crippen molar-refractivity contribution in [3.8, 4) is 11.5 Å². The number of rotatable bonds is 9. The van der Waals surface area contributed by atoms with Gasteiger partial charge in [-0.15, -0.1) is 0 Å². The molecule has 1 fully saturated rings. The van der Waals surface area contributed by atoms with Gasteiger partial charge in [-0.2, -0.15) is 0 Å². The fourth-order valence-corrected chi connectivity index (χ4v) is 4.93. The van der Waals surface area contributed by atoms with E-state index >= 15 is 0 Å². The number of imide groups is 1. The van der Waals surface area contributed by atoms with Gasteiger partial charge in [0.15, 0.2) is 0 Å². The third-order valence-electron chi connectivity index (χ3n) is 7.13. The van der Waals surface area contributed by atoms with E-state index in [9.17, 15) is 19.2 Å². The Kier molecular flexibility index (Phi) is 8.16. The van der Waals surface area contributed by atoms with E-state index in [4.69, 9.17) is 15.2 Å². The first-order valence-corrected chi connectivity index (χ1v) is 13.2. The maximum Gasteiger partial charge on any atom is 0.319 e. The van der Waals surface area contributed by atoms with Crippen LogP contribution >= 0.6 is 0 Å². The van der Waals surface area contributed by atoms with E-state index in [2.05, 4.69) is 16.0 Å². The van der Waals surface area contributed by atoms with E-state index in [0.717, 1.165) is 22.3 Å². The molecule has 2 aliphatic rings. The number of piperidine rings is 1. The highest BCUT2D eigenvalue weighted by Gasteiger charge is 2.39. The molecule has 3 aromatic rings. The van der Waals surface area contributed by atoms with Crippen molar-refractivity contribution in [1.82, 2.24) is 15.5 Å². The van der Waals surface area contributed by atoms with Gasteiger partial charge in [0.25, 0.3) is 5.91 Å². The van der Waals surface area contributed by atoms with Gasteiger partial charge < -0.3 is 30.7 Å². The molecule has 2 aliphatic heterocycles. The highest BCUT2D eigenvalue weighted by atomic mass is 16.5. The van der Waals surface area contributed by atoms with Crippen LogP contribution in [0.3, 0.4) is 0 Å². The summed E-state index contributed by atoms with van der Waals surface area (Å²) in [6, 6.07) is 17.1. The van der Waals surface area contributed by atoms with Gasteiger partial charge in [-0.25, -0.2) is 4.79 Å². The van der Waals surface area contributed by atoms with Crippen LogP contribution in [0.5, 0.6) is 11.5 Å². The Morgan fingerprint density at radius 2 is 1.83 bits per heavy atom. The zero-order valence-electron chi connectivity index (χ0n) is 22.6. The molecule has 1 saturated heterocycles. The molecule has 0 saturated carbocycles. The molecular weight excluding hydrogens is 526 g/mol. The van der Waals surface area contributed by atoms with Crippen molar-refractivity contribution in [2.75, 3.05) is 12.4 Å². The number of hydrogen-bond acceptors (Lipinski definition) is 7. The Labute approximate surface area is 237 Å². The van der Waals surface area contributed by atoms with Crippen LogP contribution in [0.25, 0.3) is 0 Å². The highest BCUT2D eigenvalue weighted by molar-refractivity contribution is 6.05. The highest BCUT2D eigenvalue weighted by Crippen LogP contribution is 2.28. The molecule has 3 aromatic carbocycles. The maximum atomic E-state index is 12.9. The van der Waals surface area contributed by atoms with E-state index in [1.54, 1.807) is 43.5 Å². The van der Waals surface area contributed by atoms with Crippen LogP contribution in [0.2, 0.25) is 0 Å². The van der Waals surface area contributed by atoms with Crippen molar-refractivity contribution in [2.24, 2.45) is 5.73 Å². The largest absolute Gasteiger partial charge is 0.496 e. The van der Waals surface area contributed by atoms with Gasteiger partial charge in [0, 0.05) is 42.9 Å². The number of carbonyl (C=O) groups is 4. The Morgan fingerprint density at radius 1 is 1.05 bits per heavy atom. The van der Waals surface area contributed by atoms with Gasteiger partial charge in [-0.05, 0) is 59.5 Å². The number of methoxy groups -OCH3 is 1. The van der Waals surface area contributed by atoms with E-state index < -0.39 is 11.9 Å². The monoisotopic (exact) mass is 557 g/mol. The van der Waals surface area contributed by atoms with Crippen LogP contribution in [0.4, 0.5) is 10.5 Å². The Hall–Kier alpha value is -4.90. The van der Waals surface area contributed by atoms with Crippen molar-refractivity contribution >= 4 is 29.4 Å². The number of carbonyl (C=O) groups excluding carboxylic acids is 4. The van der Waals surface area contributed by atoms with Crippen LogP contribution in [0.15, 0.2) is 60.7 Å². The van der Waals surface area contributed by atoms with Gasteiger partial charge in [-0.1, -0.05) is 24.3 Å². The molecule has 5 N–H and O–H groups in total. The van der Waals surface area contributed by atoms with E-state index in [1.807, 2.05) is 24.3 Å². The molecular formula is C30H31N5O6. The van der Waals surface area contributed by atoms with Gasteiger partial charge >= 0.3 is 6.03 Å². The molecule has 0 radical (unpaired) electrons. The van der Waals surface area contributed by atoms with Crippen molar-refractivity contribution in [3.63, 3.8) is 0 Å². The Bertz CT molecular complexity index is 1490. The SMILES string of the molecule is COc1cc(CN)ccc1COc1ccc(NC(=O)NCc2ccc3c(c2)CN(C2CCC(=O)NC2=O)C3=O)cc1. The van der Waals surface area contributed by atoms with Crippen LogP contribution in [0.1, 0.15) is 45.5 Å². The molecule has 41 heavy (non-hydrogen) atoms. The fourth-order valence-electron chi connectivity index (χ4n) is 4.93. The zero-order valence-corrected chi connectivity index (χ0v) is 22.6. The third-order valence-corrected chi connectivity index (χ3v) is 7.13. The van der Waals surface area contributed by atoms with Gasteiger partial charge in [-0.3, -0.25) is 19.7 Å². The maximum absolute atomic E-state index is 12.9. The molecule has 1 unspecified atom stereocenters. The Balaban J connectivity index is 1.11. The van der Waals surface area contributed by atoms with E-state index in [-0.39, 0.29) is 37.4 Å². The first-order valence-electron chi connectivity index (χ1n) is 13.2. The second-order valence-electron chi connectivity index (χ2n) is 9.86. The Morgan fingerprint density at radius 3 is 2.56 bits per heavy atom. The standard InChI is InChI=1S/C30H31N5O6/c1-40-26-13-18(14-31)2-4-20(26)17-41-23-7-5-22(6-8-23)33-30(39)32-15-19-3-9-24-21(12-19)16-35(29(24)38)25-10-11-27(36)34-28(25)37/h2-9,12-13,25H,10-11,14-17,31H2,1H3,(H2,32,33,39)(H,34,36,37). The summed E-state index contributed by atoms with van der Waals surface area (Å²) in [5.74, 6) is 0.350. The number of anilines is 1. The summed E-state index contributed by atoms with van der Waals surface area (Å²) in [6.07, 6.45) is 0.514. The van der Waals surface area contributed by atoms with Gasteiger partial charge in [0.05, 0.1) is 7.11 Å². The fraction of sp³-hybridized carbons (Fsp3) is 0.267. The number of ether oxygens (including phenoxy) is 2. The smallest absolute Gasteiger partial charge is 0.319 e. The molecule has 1 atom stereocenters. The number of nitrogens with one attached hydrogen (secondary N) is 3. The van der Waals surface area contributed by atoms with E-state index in [0.29, 0.717) is 42.3 Å². The van der Waals surface area contributed by atoms with Crippen LogP contribution < -0.4 is 31.2 Å². The average molecular weight is 558 g/mol. The number of nitrogens with two attached hydrogens (primary N) is 1. The normalized spacial score (nSPS) is 16.2. The second kappa shape index (κ2) is 12.1. The predicted molar refractivity (Wildman–Crippen MR) is 150 cm³/mol. The lowest BCUT2D eigenvalue weighted by Gasteiger charge is -2.29. The van der Waals surface area contributed by atoms with Crippen molar-refractivity contribution in [2.45, 2.75) is 45.1 Å². The van der Waals surface area contributed by atoms with Crippen molar-refractivity contribution < 1.29 is 28.7 Å². The second-order valence-corrected chi connectivity index (χ2v) is 9.86. The van der Waals surface area contributed by atoms with Crippen LogP contribution in [-0.2, 0) is 35.8 Å². The molecule has 212 valence electrons. The average Bonchev–Trinajstić information content (AvgIpc) is 3.30. The van der Waals surface area contributed by atoms with E-state index in [1.165, 1.54) is 4.90 Å². The number of amides is 5. The summed E-state index contributed by atoms with van der Waals surface area (Å²) >= 11 is 0. The first-order chi connectivity index (χ1) is 19.8. The lowest BCUT2D eigenvalue weighted by atomic mass is 10.0. The molecule has 11 heteroatoms. The molecule has 5 rings (SSSR count). The van der Waals surface area contributed by atoms with Crippen molar-refractivity contribution in [1.29, 1.82) is 0 Å². The molecule has 11 nitrogen and oxygen atoms in total. The predicted octanol–water partition coefficient (Wildman–Crippen LogP) is 2.82.